The maximum Gasteiger partial charge on any atom is 0.311 e. The molecule has 24 heavy (non-hydrogen) atoms. The van der Waals surface area contributed by atoms with Crippen molar-refractivity contribution in [2.24, 2.45) is 5.92 Å². The molecule has 132 valence electrons. The number of nitro groups is 1. The second-order valence-corrected chi connectivity index (χ2v) is 6.71. The largest absolute Gasteiger partial charge is 0.381 e. The molecule has 1 aromatic rings. The van der Waals surface area contributed by atoms with Gasteiger partial charge in [-0.25, -0.2) is 4.98 Å². The SMILES string of the molecule is CC(=O)Cc1cnc(N(CC(C)C)C2CCOCC2)c([N+](=O)[O-])c1. The highest BCUT2D eigenvalue weighted by Crippen LogP contribution is 2.31. The number of ether oxygens (including phenoxy) is 1. The Labute approximate surface area is 142 Å². The summed E-state index contributed by atoms with van der Waals surface area (Å²) >= 11 is 0. The number of carbonyl (C=O) groups excluding carboxylic acids is 1. The molecule has 1 fully saturated rings. The molecule has 0 aromatic carbocycles. The van der Waals surface area contributed by atoms with Gasteiger partial charge in [-0.2, -0.15) is 0 Å². The van der Waals surface area contributed by atoms with Crippen molar-refractivity contribution in [3.63, 3.8) is 0 Å². The van der Waals surface area contributed by atoms with Crippen molar-refractivity contribution >= 4 is 17.3 Å². The van der Waals surface area contributed by atoms with Crippen LogP contribution in [0.25, 0.3) is 0 Å². The van der Waals surface area contributed by atoms with Crippen molar-refractivity contribution in [2.75, 3.05) is 24.7 Å². The van der Waals surface area contributed by atoms with E-state index in [1.165, 1.54) is 13.0 Å². The van der Waals surface area contributed by atoms with Gasteiger partial charge in [0, 0.05) is 44.5 Å². The molecular weight excluding hydrogens is 310 g/mol. The van der Waals surface area contributed by atoms with Gasteiger partial charge in [-0.3, -0.25) is 14.9 Å². The molecule has 0 radical (unpaired) electrons. The molecule has 7 heteroatoms. The predicted octanol–water partition coefficient (Wildman–Crippen LogP) is 2.76. The van der Waals surface area contributed by atoms with Crippen LogP contribution in [-0.4, -0.2) is 41.5 Å². The molecule has 0 bridgehead atoms. The number of ketones is 1. The predicted molar refractivity (Wildman–Crippen MR) is 91.3 cm³/mol. The number of pyridine rings is 1. The molecule has 0 amide bonds. The molecule has 0 atom stereocenters. The van der Waals surface area contributed by atoms with E-state index in [1.54, 1.807) is 6.20 Å². The molecular formula is C17H25N3O4. The normalized spacial score (nSPS) is 15.5. The van der Waals surface area contributed by atoms with Gasteiger partial charge in [0.15, 0.2) is 0 Å². The van der Waals surface area contributed by atoms with E-state index in [0.29, 0.717) is 37.1 Å². The number of carbonyl (C=O) groups is 1. The van der Waals surface area contributed by atoms with E-state index in [-0.39, 0.29) is 23.9 Å². The van der Waals surface area contributed by atoms with Gasteiger partial charge in [-0.1, -0.05) is 13.8 Å². The first-order chi connectivity index (χ1) is 11.4. The zero-order valence-electron chi connectivity index (χ0n) is 14.5. The molecule has 0 unspecified atom stereocenters. The molecule has 1 saturated heterocycles. The topological polar surface area (TPSA) is 85.6 Å². The number of Topliss-reactive ketones (excluding diaryl/α,β-unsaturated/α-hetero) is 1. The standard InChI is InChI=1S/C17H25N3O4/c1-12(2)11-19(15-4-6-24-7-5-15)17-16(20(22)23)9-14(10-18-17)8-13(3)21/h9-10,12,15H,4-8,11H2,1-3H3. The number of aromatic nitrogens is 1. The van der Waals surface area contributed by atoms with Crippen LogP contribution in [0.2, 0.25) is 0 Å². The van der Waals surface area contributed by atoms with Gasteiger partial charge in [-0.15, -0.1) is 0 Å². The van der Waals surface area contributed by atoms with Gasteiger partial charge in [0.25, 0.3) is 0 Å². The Bertz CT molecular complexity index is 597. The summed E-state index contributed by atoms with van der Waals surface area (Å²) in [5, 5.41) is 11.6. The van der Waals surface area contributed by atoms with Crippen LogP contribution in [-0.2, 0) is 16.0 Å². The van der Waals surface area contributed by atoms with Crippen LogP contribution in [0.4, 0.5) is 11.5 Å². The molecule has 7 nitrogen and oxygen atoms in total. The van der Waals surface area contributed by atoms with Gasteiger partial charge in [0.05, 0.1) is 4.92 Å². The van der Waals surface area contributed by atoms with Crippen LogP contribution in [0.3, 0.4) is 0 Å². The third kappa shape index (κ3) is 4.74. The summed E-state index contributed by atoms with van der Waals surface area (Å²) < 4.78 is 5.41. The zero-order valence-corrected chi connectivity index (χ0v) is 14.5. The van der Waals surface area contributed by atoms with E-state index in [9.17, 15) is 14.9 Å². The average molecular weight is 335 g/mol. The van der Waals surface area contributed by atoms with Gasteiger partial charge in [0.2, 0.25) is 5.82 Å². The van der Waals surface area contributed by atoms with Crippen molar-refractivity contribution in [3.8, 4) is 0 Å². The van der Waals surface area contributed by atoms with Crippen molar-refractivity contribution in [2.45, 2.75) is 46.1 Å². The Morgan fingerprint density at radius 1 is 1.46 bits per heavy atom. The van der Waals surface area contributed by atoms with Crippen LogP contribution in [0.5, 0.6) is 0 Å². The minimum Gasteiger partial charge on any atom is -0.381 e. The Hall–Kier alpha value is -2.02. The van der Waals surface area contributed by atoms with Crippen LogP contribution in [0.1, 0.15) is 39.2 Å². The summed E-state index contributed by atoms with van der Waals surface area (Å²) in [6, 6.07) is 1.67. The fourth-order valence-corrected chi connectivity index (χ4v) is 3.03. The third-order valence-electron chi connectivity index (χ3n) is 4.02. The highest BCUT2D eigenvalue weighted by molar-refractivity contribution is 5.78. The van der Waals surface area contributed by atoms with Gasteiger partial charge in [0.1, 0.15) is 5.78 Å². The minimum atomic E-state index is -0.404. The Kier molecular flexibility index (Phi) is 6.25. The molecule has 1 aromatic heterocycles. The summed E-state index contributed by atoms with van der Waals surface area (Å²) in [4.78, 5) is 28.9. The number of hydrogen-bond donors (Lipinski definition) is 0. The summed E-state index contributed by atoms with van der Waals surface area (Å²) in [7, 11) is 0. The lowest BCUT2D eigenvalue weighted by molar-refractivity contribution is -0.384. The van der Waals surface area contributed by atoms with E-state index in [4.69, 9.17) is 4.74 Å². The summed E-state index contributed by atoms with van der Waals surface area (Å²) in [6.07, 6.45) is 3.41. The molecule has 1 aliphatic heterocycles. The molecule has 1 aliphatic rings. The highest BCUT2D eigenvalue weighted by Gasteiger charge is 2.29. The Morgan fingerprint density at radius 3 is 2.67 bits per heavy atom. The maximum absolute atomic E-state index is 11.6. The molecule has 0 saturated carbocycles. The first kappa shape index (κ1) is 18.3. The summed E-state index contributed by atoms with van der Waals surface area (Å²) in [5.74, 6) is 0.710. The lowest BCUT2D eigenvalue weighted by atomic mass is 10.0. The Morgan fingerprint density at radius 2 is 2.12 bits per heavy atom. The first-order valence-corrected chi connectivity index (χ1v) is 8.35. The lowest BCUT2D eigenvalue weighted by Crippen LogP contribution is -2.42. The van der Waals surface area contributed by atoms with E-state index in [1.807, 2.05) is 4.90 Å². The fourth-order valence-electron chi connectivity index (χ4n) is 3.03. The molecule has 0 N–H and O–H groups in total. The number of anilines is 1. The maximum atomic E-state index is 11.6. The highest BCUT2D eigenvalue weighted by atomic mass is 16.6. The molecule has 2 rings (SSSR count). The fraction of sp³-hybridized carbons (Fsp3) is 0.647. The van der Waals surface area contributed by atoms with Crippen LogP contribution in [0, 0.1) is 16.0 Å². The zero-order chi connectivity index (χ0) is 17.7. The summed E-state index contributed by atoms with van der Waals surface area (Å²) in [5.41, 5.74) is 0.551. The average Bonchev–Trinajstić information content (AvgIpc) is 2.53. The first-order valence-electron chi connectivity index (χ1n) is 8.35. The molecule has 2 heterocycles. The summed E-state index contributed by atoms with van der Waals surface area (Å²) in [6.45, 7) is 7.66. The van der Waals surface area contributed by atoms with Crippen LogP contribution < -0.4 is 4.90 Å². The third-order valence-corrected chi connectivity index (χ3v) is 4.02. The number of nitrogens with zero attached hydrogens (tertiary/aromatic N) is 3. The monoisotopic (exact) mass is 335 g/mol. The van der Waals surface area contributed by atoms with E-state index >= 15 is 0 Å². The Balaban J connectivity index is 2.39. The van der Waals surface area contributed by atoms with E-state index in [0.717, 1.165) is 12.8 Å². The van der Waals surface area contributed by atoms with Crippen LogP contribution in [0.15, 0.2) is 12.3 Å². The van der Waals surface area contributed by atoms with Gasteiger partial charge >= 0.3 is 5.69 Å². The van der Waals surface area contributed by atoms with E-state index < -0.39 is 4.92 Å². The van der Waals surface area contributed by atoms with Crippen molar-refractivity contribution in [1.29, 1.82) is 0 Å². The minimum absolute atomic E-state index is 0.0270. The second-order valence-electron chi connectivity index (χ2n) is 6.71. The number of hydrogen-bond acceptors (Lipinski definition) is 6. The molecule has 0 aliphatic carbocycles. The molecule has 0 spiro atoms. The van der Waals surface area contributed by atoms with Crippen molar-refractivity contribution in [3.05, 3.63) is 27.9 Å². The van der Waals surface area contributed by atoms with Crippen molar-refractivity contribution < 1.29 is 14.5 Å². The quantitative estimate of drug-likeness (QED) is 0.562. The van der Waals surface area contributed by atoms with Crippen LogP contribution >= 0.6 is 0 Å². The van der Waals surface area contributed by atoms with E-state index in [2.05, 4.69) is 18.8 Å². The smallest absolute Gasteiger partial charge is 0.311 e. The van der Waals surface area contributed by atoms with Crippen molar-refractivity contribution in [1.82, 2.24) is 4.98 Å². The lowest BCUT2D eigenvalue weighted by Gasteiger charge is -2.36. The van der Waals surface area contributed by atoms with Gasteiger partial charge in [-0.05, 0) is 31.2 Å². The second kappa shape index (κ2) is 8.19. The van der Waals surface area contributed by atoms with Gasteiger partial charge < -0.3 is 9.64 Å². The number of rotatable bonds is 7.